The van der Waals surface area contributed by atoms with Crippen LogP contribution in [0.3, 0.4) is 0 Å². The molecule has 2 aliphatic carbocycles. The van der Waals surface area contributed by atoms with Crippen LogP contribution in [0.1, 0.15) is 26.7 Å². The van der Waals surface area contributed by atoms with E-state index in [1.54, 1.807) is 4.48 Å². The van der Waals surface area contributed by atoms with Crippen LogP contribution in [0.25, 0.3) is 0 Å². The summed E-state index contributed by atoms with van der Waals surface area (Å²) >= 11 is 2.07. The summed E-state index contributed by atoms with van der Waals surface area (Å²) in [4.78, 5) is 7.67. The number of halogens is 1. The van der Waals surface area contributed by atoms with Crippen LogP contribution in [0.4, 0.5) is 0 Å². The molecule has 2 rings (SSSR count). The number of hydrogen-bond acceptors (Lipinski definition) is 0. The van der Waals surface area contributed by atoms with Crippen LogP contribution in [-0.2, 0) is 0 Å². The zero-order chi connectivity index (χ0) is 10.7. The fraction of sp³-hybridized carbons (Fsp3) is 0.833. The minimum atomic E-state index is -1.83. The van der Waals surface area contributed by atoms with Crippen LogP contribution < -0.4 is 0 Å². The van der Waals surface area contributed by atoms with E-state index < -0.39 is 18.4 Å². The Bertz CT molecular complexity index is 296. The molecular weight excluding hydrogens is 343 g/mol. The Kier molecular flexibility index (Phi) is 2.67. The van der Waals surface area contributed by atoms with Crippen molar-refractivity contribution >= 4 is 34.3 Å². The van der Waals surface area contributed by atoms with E-state index in [-0.39, 0.29) is 0 Å². The Morgan fingerprint density at radius 2 is 1.64 bits per heavy atom. The molecule has 0 radical (unpaired) electrons. The molecule has 2 unspecified atom stereocenters. The topological polar surface area (TPSA) is 0 Å². The van der Waals surface area contributed by atoms with Gasteiger partial charge in [-0.05, 0) is 0 Å². The molecule has 80 valence electrons. The predicted octanol–water partition coefficient (Wildman–Crippen LogP) is 4.58. The predicted molar refractivity (Wildman–Crippen MR) is 69.3 cm³/mol. The number of rotatable bonds is 1. The van der Waals surface area contributed by atoms with Crippen molar-refractivity contribution in [1.82, 2.24) is 0 Å². The molecule has 0 nitrogen and oxygen atoms in total. The van der Waals surface area contributed by atoms with Crippen molar-refractivity contribution < 1.29 is 0 Å². The van der Waals surface area contributed by atoms with Crippen molar-refractivity contribution in [1.29, 1.82) is 0 Å². The molecule has 0 amide bonds. The molecule has 0 heterocycles. The Morgan fingerprint density at radius 3 is 1.93 bits per heavy atom. The second-order valence-electron chi connectivity index (χ2n) is 6.52. The SMILES string of the molecule is CC1(C)C2CCC1[C]([Sn]([CH3])([CH3])[CH3])=C2Br. The fourth-order valence-electron chi connectivity index (χ4n) is 3.52. The molecular formula is C12H21BrSn. The van der Waals surface area contributed by atoms with Crippen molar-refractivity contribution in [3.8, 4) is 0 Å². The van der Waals surface area contributed by atoms with E-state index in [9.17, 15) is 0 Å². The van der Waals surface area contributed by atoms with E-state index >= 15 is 0 Å². The van der Waals surface area contributed by atoms with Crippen molar-refractivity contribution in [2.75, 3.05) is 0 Å². The molecule has 2 aliphatic rings. The van der Waals surface area contributed by atoms with Gasteiger partial charge < -0.3 is 0 Å². The van der Waals surface area contributed by atoms with Gasteiger partial charge in [0.15, 0.2) is 0 Å². The van der Waals surface area contributed by atoms with Gasteiger partial charge in [-0.1, -0.05) is 0 Å². The molecule has 1 fully saturated rings. The monoisotopic (exact) mass is 364 g/mol. The third kappa shape index (κ3) is 1.45. The van der Waals surface area contributed by atoms with Crippen molar-refractivity contribution in [3.63, 3.8) is 0 Å². The van der Waals surface area contributed by atoms with Gasteiger partial charge in [0.1, 0.15) is 0 Å². The van der Waals surface area contributed by atoms with Gasteiger partial charge in [0, 0.05) is 0 Å². The molecule has 0 saturated heterocycles. The number of hydrogen-bond donors (Lipinski definition) is 0. The van der Waals surface area contributed by atoms with Gasteiger partial charge in [0.05, 0.1) is 0 Å². The molecule has 2 atom stereocenters. The van der Waals surface area contributed by atoms with Crippen molar-refractivity contribution in [3.05, 3.63) is 8.07 Å². The molecule has 0 aromatic rings. The molecule has 2 heteroatoms. The zero-order valence-corrected chi connectivity index (χ0v) is 14.4. The summed E-state index contributed by atoms with van der Waals surface area (Å²) in [6.07, 6.45) is 2.87. The van der Waals surface area contributed by atoms with E-state index in [2.05, 4.69) is 44.6 Å². The van der Waals surface area contributed by atoms with Gasteiger partial charge in [0.25, 0.3) is 0 Å². The summed E-state index contributed by atoms with van der Waals surface area (Å²) in [6, 6.07) is 0. The summed E-state index contributed by atoms with van der Waals surface area (Å²) in [5.41, 5.74) is 0.554. The van der Waals surface area contributed by atoms with Crippen LogP contribution in [0.5, 0.6) is 0 Å². The third-order valence-electron chi connectivity index (χ3n) is 4.26. The number of fused-ring (bicyclic) bond motifs is 2. The Labute approximate surface area is 101 Å². The first-order valence-corrected chi connectivity index (χ1v) is 16.4. The van der Waals surface area contributed by atoms with Gasteiger partial charge in [-0.2, -0.15) is 0 Å². The van der Waals surface area contributed by atoms with Crippen LogP contribution in [0.2, 0.25) is 14.8 Å². The average molecular weight is 364 g/mol. The molecule has 14 heavy (non-hydrogen) atoms. The normalized spacial score (nSPS) is 35.6. The standard InChI is InChI=1S/C9H12Br.3CH3.Sn/c1-9(2)6-3-4-7(9)8(10)5-6;;;;/h6-7H,3-4H2,1-2H3;3*1H3;. The summed E-state index contributed by atoms with van der Waals surface area (Å²) < 4.78 is 3.53. The van der Waals surface area contributed by atoms with Crippen molar-refractivity contribution in [2.45, 2.75) is 41.5 Å². The first kappa shape index (κ1) is 11.5. The summed E-state index contributed by atoms with van der Waals surface area (Å²) in [7, 11) is 0. The molecule has 0 aromatic carbocycles. The second kappa shape index (κ2) is 3.25. The van der Waals surface area contributed by atoms with Crippen LogP contribution in [0.15, 0.2) is 8.07 Å². The number of allylic oxidation sites excluding steroid dienone is 2. The van der Waals surface area contributed by atoms with E-state index in [1.807, 2.05) is 3.59 Å². The summed E-state index contributed by atoms with van der Waals surface area (Å²) in [5, 5.41) is 0. The Hall–Kier alpha value is 1.02. The molecule has 1 saturated carbocycles. The van der Waals surface area contributed by atoms with Crippen LogP contribution in [0, 0.1) is 17.3 Å². The minimum absolute atomic E-state index is 0.554. The molecule has 2 bridgehead atoms. The average Bonchev–Trinajstić information content (AvgIpc) is 2.35. The second-order valence-corrected chi connectivity index (χ2v) is 21.8. The van der Waals surface area contributed by atoms with Crippen molar-refractivity contribution in [2.24, 2.45) is 17.3 Å². The molecule has 0 spiro atoms. The molecule has 0 aromatic heterocycles. The molecule has 0 aliphatic heterocycles. The van der Waals surface area contributed by atoms with Crippen LogP contribution >= 0.6 is 15.9 Å². The van der Waals surface area contributed by atoms with E-state index in [1.165, 1.54) is 12.8 Å². The fourth-order valence-corrected chi connectivity index (χ4v) is 15.6. The van der Waals surface area contributed by atoms with Gasteiger partial charge in [-0.15, -0.1) is 0 Å². The quantitative estimate of drug-likeness (QED) is 0.598. The summed E-state index contributed by atoms with van der Waals surface area (Å²) in [5.74, 6) is 1.76. The first-order chi connectivity index (χ1) is 6.26. The maximum absolute atomic E-state index is 3.91. The van der Waals surface area contributed by atoms with E-state index in [0.717, 1.165) is 11.8 Å². The van der Waals surface area contributed by atoms with Gasteiger partial charge >= 0.3 is 101 Å². The van der Waals surface area contributed by atoms with Gasteiger partial charge in [-0.3, -0.25) is 0 Å². The van der Waals surface area contributed by atoms with Gasteiger partial charge in [0.2, 0.25) is 0 Å². The van der Waals surface area contributed by atoms with E-state index in [0.29, 0.717) is 5.41 Å². The molecule has 0 N–H and O–H groups in total. The summed E-state index contributed by atoms with van der Waals surface area (Å²) in [6.45, 7) is 4.95. The zero-order valence-electron chi connectivity index (χ0n) is 9.95. The Balaban J connectivity index is 2.46. The van der Waals surface area contributed by atoms with Crippen LogP contribution in [-0.4, -0.2) is 18.4 Å². The maximum atomic E-state index is 3.91. The van der Waals surface area contributed by atoms with Gasteiger partial charge in [-0.25, -0.2) is 0 Å². The first-order valence-electron chi connectivity index (χ1n) is 5.66. The Morgan fingerprint density at radius 1 is 1.14 bits per heavy atom. The third-order valence-corrected chi connectivity index (χ3v) is 12.7. The van der Waals surface area contributed by atoms with E-state index in [4.69, 9.17) is 0 Å².